The number of nitrogens with zero attached hydrogens (tertiary/aromatic N) is 2. The molecule has 0 spiro atoms. The lowest BCUT2D eigenvalue weighted by atomic mass is 10.1. The number of halogens is 1. The number of hydrogen-bond acceptors (Lipinski definition) is 2. The smallest absolute Gasteiger partial charge is 0.222 e. The Morgan fingerprint density at radius 1 is 1.32 bits per heavy atom. The van der Waals surface area contributed by atoms with Crippen LogP contribution >= 0.6 is 0 Å². The summed E-state index contributed by atoms with van der Waals surface area (Å²) in [7, 11) is 0. The van der Waals surface area contributed by atoms with E-state index in [2.05, 4.69) is 15.6 Å². The number of nitrogens with one attached hydrogen (secondary N) is 2. The summed E-state index contributed by atoms with van der Waals surface area (Å²) in [6.07, 6.45) is 2.39. The fourth-order valence-electron chi connectivity index (χ4n) is 3.46. The first-order chi connectivity index (χ1) is 12.1. The molecule has 2 N–H and O–H groups in total. The molecule has 1 saturated heterocycles. The van der Waals surface area contributed by atoms with E-state index in [0.29, 0.717) is 13.0 Å². The van der Waals surface area contributed by atoms with Crippen molar-refractivity contribution in [3.05, 3.63) is 35.6 Å². The maximum absolute atomic E-state index is 13.9. The number of rotatable bonds is 5. The van der Waals surface area contributed by atoms with E-state index in [0.717, 1.165) is 37.5 Å². The second-order valence-electron chi connectivity index (χ2n) is 6.76. The quantitative estimate of drug-likeness (QED) is 0.635. The summed E-state index contributed by atoms with van der Waals surface area (Å²) in [6.45, 7) is 6.08. The molecule has 25 heavy (non-hydrogen) atoms. The highest BCUT2D eigenvalue weighted by molar-refractivity contribution is 5.81. The molecule has 1 heterocycles. The third-order valence-corrected chi connectivity index (χ3v) is 4.92. The van der Waals surface area contributed by atoms with Crippen LogP contribution in [0.5, 0.6) is 0 Å². The van der Waals surface area contributed by atoms with E-state index in [4.69, 9.17) is 0 Å². The van der Waals surface area contributed by atoms with Gasteiger partial charge < -0.3 is 15.5 Å². The lowest BCUT2D eigenvalue weighted by molar-refractivity contribution is -0.129. The molecule has 2 fully saturated rings. The number of likely N-dealkylation sites (tertiary alicyclic amines) is 1. The molecule has 136 valence electrons. The third kappa shape index (κ3) is 4.30. The van der Waals surface area contributed by atoms with Crippen LogP contribution < -0.4 is 10.6 Å². The Morgan fingerprint density at radius 2 is 2.12 bits per heavy atom. The van der Waals surface area contributed by atoms with E-state index in [9.17, 15) is 9.18 Å². The van der Waals surface area contributed by atoms with Crippen LogP contribution in [0.25, 0.3) is 0 Å². The van der Waals surface area contributed by atoms with Crippen LogP contribution in [0.3, 0.4) is 0 Å². The largest absolute Gasteiger partial charge is 0.353 e. The van der Waals surface area contributed by atoms with Gasteiger partial charge in [0.2, 0.25) is 5.91 Å². The summed E-state index contributed by atoms with van der Waals surface area (Å²) in [5.74, 6) is 1.03. The van der Waals surface area contributed by atoms with Crippen molar-refractivity contribution in [2.24, 2.45) is 4.99 Å². The van der Waals surface area contributed by atoms with Gasteiger partial charge in [-0.2, -0.15) is 0 Å². The van der Waals surface area contributed by atoms with Crippen molar-refractivity contribution in [2.45, 2.75) is 51.1 Å². The van der Waals surface area contributed by atoms with Crippen LogP contribution in [0.1, 0.15) is 44.6 Å². The minimum Gasteiger partial charge on any atom is -0.353 e. The van der Waals surface area contributed by atoms with Crippen LogP contribution in [0.4, 0.5) is 4.39 Å². The molecule has 3 unspecified atom stereocenters. The maximum atomic E-state index is 13.9. The van der Waals surface area contributed by atoms with Gasteiger partial charge in [0, 0.05) is 44.1 Å². The van der Waals surface area contributed by atoms with Crippen LogP contribution in [-0.2, 0) is 4.79 Å². The Bertz CT molecular complexity index is 648. The highest BCUT2D eigenvalue weighted by Crippen LogP contribution is 2.41. The van der Waals surface area contributed by atoms with Crippen molar-refractivity contribution >= 4 is 11.9 Å². The van der Waals surface area contributed by atoms with Crippen molar-refractivity contribution in [3.8, 4) is 0 Å². The predicted octanol–water partition coefficient (Wildman–Crippen LogP) is 2.25. The lowest BCUT2D eigenvalue weighted by Gasteiger charge is -2.19. The molecule has 0 aromatic heterocycles. The monoisotopic (exact) mass is 346 g/mol. The van der Waals surface area contributed by atoms with Gasteiger partial charge in [0.15, 0.2) is 5.96 Å². The van der Waals surface area contributed by atoms with Gasteiger partial charge in [0.25, 0.3) is 0 Å². The molecule has 1 aromatic rings. The molecule has 6 heteroatoms. The van der Waals surface area contributed by atoms with Crippen molar-refractivity contribution in [2.75, 3.05) is 19.6 Å². The first-order valence-corrected chi connectivity index (χ1v) is 9.22. The first-order valence-electron chi connectivity index (χ1n) is 9.22. The van der Waals surface area contributed by atoms with Crippen LogP contribution in [0, 0.1) is 5.82 Å². The summed E-state index contributed by atoms with van der Waals surface area (Å²) in [6, 6.07) is 7.41. The van der Waals surface area contributed by atoms with Gasteiger partial charge in [-0.25, -0.2) is 4.39 Å². The Hall–Kier alpha value is -2.11. The molecule has 2 aliphatic rings. The van der Waals surface area contributed by atoms with Gasteiger partial charge in [-0.3, -0.25) is 9.79 Å². The van der Waals surface area contributed by atoms with Crippen molar-refractivity contribution in [1.29, 1.82) is 0 Å². The summed E-state index contributed by atoms with van der Waals surface area (Å²) < 4.78 is 13.9. The topological polar surface area (TPSA) is 56.7 Å². The van der Waals surface area contributed by atoms with E-state index in [1.165, 1.54) is 6.07 Å². The number of carbonyl (C=O) groups is 1. The standard InChI is InChI=1S/C19H27FN4O/c1-3-18(25)24-10-9-13(12-24)22-19(21-4-2)23-17-11-15(17)14-7-5-6-8-16(14)20/h5-8,13,15,17H,3-4,9-12H2,1-2H3,(H2,21,22,23). The molecule has 0 bridgehead atoms. The summed E-state index contributed by atoms with van der Waals surface area (Å²) in [5, 5.41) is 6.86. The SMILES string of the molecule is CCN=C(NC1CCN(C(=O)CC)C1)NC1CC1c1ccccc1F. The molecule has 1 aromatic carbocycles. The van der Waals surface area contributed by atoms with E-state index in [1.54, 1.807) is 6.07 Å². The molecule has 1 amide bonds. The lowest BCUT2D eigenvalue weighted by Crippen LogP contribution is -2.46. The van der Waals surface area contributed by atoms with Crippen molar-refractivity contribution < 1.29 is 9.18 Å². The van der Waals surface area contributed by atoms with Crippen LogP contribution in [0.2, 0.25) is 0 Å². The van der Waals surface area contributed by atoms with E-state index >= 15 is 0 Å². The molecule has 1 aliphatic carbocycles. The minimum atomic E-state index is -0.136. The highest BCUT2D eigenvalue weighted by Gasteiger charge is 2.40. The van der Waals surface area contributed by atoms with Crippen molar-refractivity contribution in [3.63, 3.8) is 0 Å². The second-order valence-corrected chi connectivity index (χ2v) is 6.76. The van der Waals surface area contributed by atoms with Gasteiger partial charge in [0.1, 0.15) is 5.82 Å². The van der Waals surface area contributed by atoms with Crippen molar-refractivity contribution in [1.82, 2.24) is 15.5 Å². The molecule has 1 saturated carbocycles. The third-order valence-electron chi connectivity index (χ3n) is 4.92. The molecular weight excluding hydrogens is 319 g/mol. The highest BCUT2D eigenvalue weighted by atomic mass is 19.1. The van der Waals surface area contributed by atoms with Gasteiger partial charge >= 0.3 is 0 Å². The summed E-state index contributed by atoms with van der Waals surface area (Å²) in [5.41, 5.74) is 0.774. The fourth-order valence-corrected chi connectivity index (χ4v) is 3.46. The number of amides is 1. The predicted molar refractivity (Wildman–Crippen MR) is 97.1 cm³/mol. The molecule has 1 aliphatic heterocycles. The number of hydrogen-bond donors (Lipinski definition) is 2. The molecule has 5 nitrogen and oxygen atoms in total. The number of benzene rings is 1. The normalized spacial score (nSPS) is 25.8. The average molecular weight is 346 g/mol. The molecule has 3 atom stereocenters. The average Bonchev–Trinajstić information content (AvgIpc) is 3.20. The molecular formula is C19H27FN4O. The van der Waals surface area contributed by atoms with Gasteiger partial charge in [-0.15, -0.1) is 0 Å². The first kappa shape index (κ1) is 17.7. The Balaban J connectivity index is 1.54. The Kier molecular flexibility index (Phi) is 5.56. The summed E-state index contributed by atoms with van der Waals surface area (Å²) in [4.78, 5) is 18.2. The fraction of sp³-hybridized carbons (Fsp3) is 0.579. The molecule has 3 rings (SSSR count). The zero-order valence-electron chi connectivity index (χ0n) is 15.0. The minimum absolute atomic E-state index is 0.136. The number of carbonyl (C=O) groups excluding carboxylic acids is 1. The Morgan fingerprint density at radius 3 is 2.84 bits per heavy atom. The van der Waals surface area contributed by atoms with Gasteiger partial charge in [-0.05, 0) is 31.4 Å². The molecule has 0 radical (unpaired) electrons. The van der Waals surface area contributed by atoms with Crippen LogP contribution in [-0.4, -0.2) is 48.5 Å². The van der Waals surface area contributed by atoms with E-state index in [1.807, 2.05) is 30.9 Å². The number of aliphatic imine (C=N–C) groups is 1. The summed E-state index contributed by atoms with van der Waals surface area (Å²) >= 11 is 0. The zero-order valence-corrected chi connectivity index (χ0v) is 15.0. The zero-order chi connectivity index (χ0) is 17.8. The second kappa shape index (κ2) is 7.85. The number of guanidine groups is 1. The van der Waals surface area contributed by atoms with Crippen LogP contribution in [0.15, 0.2) is 29.3 Å². The van der Waals surface area contributed by atoms with Gasteiger partial charge in [0.05, 0.1) is 0 Å². The van der Waals surface area contributed by atoms with E-state index < -0.39 is 0 Å². The maximum Gasteiger partial charge on any atom is 0.222 e. The van der Waals surface area contributed by atoms with Gasteiger partial charge in [-0.1, -0.05) is 25.1 Å². The van der Waals surface area contributed by atoms with E-state index in [-0.39, 0.29) is 29.7 Å². The Labute approximate surface area is 148 Å².